The summed E-state index contributed by atoms with van der Waals surface area (Å²) in [5.74, 6) is 1.59. The Kier molecular flexibility index (Phi) is 8.70. The maximum absolute atomic E-state index is 13.7. The van der Waals surface area contributed by atoms with Gasteiger partial charge in [-0.3, -0.25) is 14.3 Å². The van der Waals surface area contributed by atoms with E-state index in [0.717, 1.165) is 31.5 Å². The van der Waals surface area contributed by atoms with Crippen molar-refractivity contribution in [1.29, 1.82) is 0 Å². The standard InChI is InChI=1S/C26H37N6O7PS/c1-5-39-22-11-10-20(41(35,36)31-14-12-30(13-15-31)17-40(34,37-3)38-4)16-21(22)24-28-26(33)23-18(2)27-25(32(23)29-24)19-8-6-7-9-19/h10-11,16,19H,5-9,12-15,17H2,1-4H3,(H,28,29,33). The van der Waals surface area contributed by atoms with Crippen LogP contribution in [-0.4, -0.2) is 90.5 Å². The number of aromatic nitrogens is 4. The molecule has 0 unspecified atom stereocenters. The summed E-state index contributed by atoms with van der Waals surface area (Å²) in [6.45, 7) is 5.13. The van der Waals surface area contributed by atoms with Crippen molar-refractivity contribution in [2.75, 3.05) is 53.3 Å². The maximum atomic E-state index is 13.7. The van der Waals surface area contributed by atoms with Gasteiger partial charge in [-0.1, -0.05) is 12.8 Å². The molecule has 2 aliphatic rings. The molecule has 2 aromatic heterocycles. The molecule has 0 bridgehead atoms. The van der Waals surface area contributed by atoms with E-state index in [1.54, 1.807) is 17.5 Å². The topological polar surface area (TPSA) is 148 Å². The number of nitrogens with one attached hydrogen (secondary N) is 1. The Hall–Kier alpha value is -2.61. The quantitative estimate of drug-likeness (QED) is 0.340. The summed E-state index contributed by atoms with van der Waals surface area (Å²) in [6.07, 6.45) is 4.27. The van der Waals surface area contributed by atoms with E-state index >= 15 is 0 Å². The molecule has 1 saturated carbocycles. The van der Waals surface area contributed by atoms with Crippen LogP contribution < -0.4 is 10.3 Å². The number of aromatic amines is 1. The molecule has 41 heavy (non-hydrogen) atoms. The Morgan fingerprint density at radius 2 is 1.78 bits per heavy atom. The van der Waals surface area contributed by atoms with Gasteiger partial charge in [0.25, 0.3) is 5.56 Å². The molecule has 0 radical (unpaired) electrons. The monoisotopic (exact) mass is 608 g/mol. The van der Waals surface area contributed by atoms with Gasteiger partial charge in [-0.2, -0.15) is 4.31 Å². The summed E-state index contributed by atoms with van der Waals surface area (Å²) >= 11 is 0. The third kappa shape index (κ3) is 5.86. The minimum Gasteiger partial charge on any atom is -0.493 e. The van der Waals surface area contributed by atoms with Crippen molar-refractivity contribution >= 4 is 23.1 Å². The molecule has 3 aromatic rings. The van der Waals surface area contributed by atoms with Gasteiger partial charge in [0, 0.05) is 46.3 Å². The van der Waals surface area contributed by atoms with Gasteiger partial charge in [0.1, 0.15) is 17.9 Å². The highest BCUT2D eigenvalue weighted by Gasteiger charge is 2.33. The van der Waals surface area contributed by atoms with Crippen molar-refractivity contribution in [3.63, 3.8) is 0 Å². The normalized spacial score (nSPS) is 18.0. The summed E-state index contributed by atoms with van der Waals surface area (Å²) in [5.41, 5.74) is 1.03. The van der Waals surface area contributed by atoms with E-state index in [9.17, 15) is 17.8 Å². The fourth-order valence-electron chi connectivity index (χ4n) is 5.59. The average Bonchev–Trinajstić information content (AvgIpc) is 3.62. The zero-order valence-corrected chi connectivity index (χ0v) is 25.5. The molecule has 2 fully saturated rings. The van der Waals surface area contributed by atoms with E-state index in [0.29, 0.717) is 42.2 Å². The van der Waals surface area contributed by atoms with E-state index in [-0.39, 0.29) is 41.6 Å². The third-order valence-corrected chi connectivity index (χ3v) is 11.6. The number of H-pyrrole nitrogens is 1. The fourth-order valence-corrected chi connectivity index (χ4v) is 8.20. The van der Waals surface area contributed by atoms with Crippen molar-refractivity contribution in [1.82, 2.24) is 28.8 Å². The van der Waals surface area contributed by atoms with Crippen LogP contribution >= 0.6 is 7.60 Å². The first-order valence-corrected chi connectivity index (χ1v) is 17.0. The minimum absolute atomic E-state index is 0.0597. The molecule has 3 heterocycles. The molecule has 5 rings (SSSR count). The number of hydrogen-bond acceptors (Lipinski definition) is 10. The van der Waals surface area contributed by atoms with Crippen molar-refractivity contribution in [2.24, 2.45) is 0 Å². The Morgan fingerprint density at radius 3 is 2.41 bits per heavy atom. The first-order valence-electron chi connectivity index (χ1n) is 13.8. The van der Waals surface area contributed by atoms with Crippen molar-refractivity contribution in [2.45, 2.75) is 50.3 Å². The molecule has 1 aromatic carbocycles. The molecule has 0 spiro atoms. The molecule has 15 heteroatoms. The summed E-state index contributed by atoms with van der Waals surface area (Å²) in [7, 11) is -4.48. The zero-order chi connectivity index (χ0) is 29.4. The van der Waals surface area contributed by atoms with Gasteiger partial charge in [-0.05, 0) is 44.9 Å². The van der Waals surface area contributed by atoms with Gasteiger partial charge in [-0.25, -0.2) is 17.9 Å². The number of rotatable bonds is 10. The lowest BCUT2D eigenvalue weighted by Crippen LogP contribution is -2.48. The highest BCUT2D eigenvalue weighted by atomic mass is 32.2. The molecule has 1 aliphatic heterocycles. The van der Waals surface area contributed by atoms with Crippen molar-refractivity contribution in [3.8, 4) is 17.1 Å². The Balaban J connectivity index is 1.48. The first-order chi connectivity index (χ1) is 19.6. The van der Waals surface area contributed by atoms with Gasteiger partial charge < -0.3 is 18.8 Å². The Morgan fingerprint density at radius 1 is 1.10 bits per heavy atom. The molecule has 224 valence electrons. The number of sulfonamides is 1. The van der Waals surface area contributed by atoms with Crippen LogP contribution in [0.3, 0.4) is 0 Å². The van der Waals surface area contributed by atoms with Gasteiger partial charge in [0.05, 0.1) is 22.8 Å². The smallest absolute Gasteiger partial charge is 0.344 e. The number of imidazole rings is 1. The molecule has 1 N–H and O–H groups in total. The second-order valence-corrected chi connectivity index (χ2v) is 14.5. The number of fused-ring (bicyclic) bond motifs is 1. The van der Waals surface area contributed by atoms with E-state index < -0.39 is 17.6 Å². The van der Waals surface area contributed by atoms with Crippen LogP contribution in [0, 0.1) is 6.92 Å². The SMILES string of the molecule is CCOc1ccc(S(=O)(=O)N2CCN(CP(=O)(OC)OC)CC2)cc1-c1nn2c(C3CCCC3)nc(C)c2c(=O)[nH]1. The zero-order valence-electron chi connectivity index (χ0n) is 23.8. The van der Waals surface area contributed by atoms with Gasteiger partial charge >= 0.3 is 7.60 Å². The van der Waals surface area contributed by atoms with Crippen LogP contribution in [-0.2, 0) is 23.6 Å². The predicted octanol–water partition coefficient (Wildman–Crippen LogP) is 3.20. The summed E-state index contributed by atoms with van der Waals surface area (Å²) < 4.78 is 58.8. The van der Waals surface area contributed by atoms with Crippen LogP contribution in [0.2, 0.25) is 0 Å². The van der Waals surface area contributed by atoms with E-state index in [1.807, 2.05) is 11.8 Å². The highest BCUT2D eigenvalue weighted by Crippen LogP contribution is 2.47. The number of hydrogen-bond donors (Lipinski definition) is 1. The first kappa shape index (κ1) is 29.9. The van der Waals surface area contributed by atoms with E-state index in [2.05, 4.69) is 4.98 Å². The highest BCUT2D eigenvalue weighted by molar-refractivity contribution is 7.89. The molecule has 0 atom stereocenters. The molecule has 1 aliphatic carbocycles. The van der Waals surface area contributed by atoms with Gasteiger partial charge in [-0.15, -0.1) is 5.10 Å². The average molecular weight is 609 g/mol. The third-order valence-electron chi connectivity index (χ3n) is 7.83. The van der Waals surface area contributed by atoms with E-state index in [4.69, 9.17) is 23.9 Å². The van der Waals surface area contributed by atoms with Crippen molar-refractivity contribution < 1.29 is 26.8 Å². The number of piperazine rings is 1. The number of ether oxygens (including phenoxy) is 1. The number of aryl methyl sites for hydroxylation is 1. The molecule has 0 amide bonds. The second-order valence-electron chi connectivity index (χ2n) is 10.3. The molecule has 13 nitrogen and oxygen atoms in total. The van der Waals surface area contributed by atoms with Crippen LogP contribution in [0.15, 0.2) is 27.9 Å². The lowest BCUT2D eigenvalue weighted by molar-refractivity contribution is 0.187. The maximum Gasteiger partial charge on any atom is 0.344 e. The second kappa shape index (κ2) is 11.9. The lowest BCUT2D eigenvalue weighted by atomic mass is 10.1. The molecular formula is C26H37N6O7PS. The number of benzene rings is 1. The van der Waals surface area contributed by atoms with Gasteiger partial charge in [0.2, 0.25) is 10.0 Å². The predicted molar refractivity (Wildman–Crippen MR) is 153 cm³/mol. The number of nitrogens with zero attached hydrogens (tertiary/aromatic N) is 5. The summed E-state index contributed by atoms with van der Waals surface area (Å²) in [4.78, 5) is 22.7. The lowest BCUT2D eigenvalue weighted by Gasteiger charge is -2.34. The molecular weight excluding hydrogens is 571 g/mol. The van der Waals surface area contributed by atoms with Crippen LogP contribution in [0.1, 0.15) is 50.0 Å². The van der Waals surface area contributed by atoms with Crippen molar-refractivity contribution in [3.05, 3.63) is 40.1 Å². The van der Waals surface area contributed by atoms with Crippen LogP contribution in [0.25, 0.3) is 16.9 Å². The van der Waals surface area contributed by atoms with E-state index in [1.165, 1.54) is 30.7 Å². The summed E-state index contributed by atoms with van der Waals surface area (Å²) in [5, 5.41) is 4.76. The Labute approximate surface area is 239 Å². The fraction of sp³-hybridized carbons (Fsp3) is 0.577. The van der Waals surface area contributed by atoms with Gasteiger partial charge in [0.15, 0.2) is 11.3 Å². The largest absolute Gasteiger partial charge is 0.493 e. The Bertz CT molecular complexity index is 1620. The minimum atomic E-state index is -3.89. The van der Waals surface area contributed by atoms with Crippen LogP contribution in [0.4, 0.5) is 0 Å². The molecule has 1 saturated heterocycles. The van der Waals surface area contributed by atoms with Crippen LogP contribution in [0.5, 0.6) is 5.75 Å². The summed E-state index contributed by atoms with van der Waals surface area (Å²) in [6, 6.07) is 4.60.